The summed E-state index contributed by atoms with van der Waals surface area (Å²) in [6.07, 6.45) is 3.68. The zero-order valence-electron chi connectivity index (χ0n) is 10.1. The molecule has 0 saturated carbocycles. The highest BCUT2D eigenvalue weighted by Gasteiger charge is 2.14. The second kappa shape index (κ2) is 5.04. The van der Waals surface area contributed by atoms with Gasteiger partial charge in [0.2, 0.25) is 0 Å². The van der Waals surface area contributed by atoms with Crippen molar-refractivity contribution in [2.24, 2.45) is 5.73 Å². The Morgan fingerprint density at radius 3 is 2.72 bits per heavy atom. The summed E-state index contributed by atoms with van der Waals surface area (Å²) >= 11 is 7.56. The Morgan fingerprint density at radius 2 is 2.22 bits per heavy atom. The Hall–Kier alpha value is -1.46. The summed E-state index contributed by atoms with van der Waals surface area (Å²) in [5.74, 6) is 0.0271. The highest BCUT2D eigenvalue weighted by Crippen LogP contribution is 2.26. The summed E-state index contributed by atoms with van der Waals surface area (Å²) in [5, 5.41) is 12.6. The number of nitrogens with two attached hydrogens (primary N) is 1. The van der Waals surface area contributed by atoms with E-state index >= 15 is 0 Å². The van der Waals surface area contributed by atoms with Crippen LogP contribution >= 0.6 is 23.4 Å². The van der Waals surface area contributed by atoms with Crippen molar-refractivity contribution < 1.29 is 0 Å². The van der Waals surface area contributed by atoms with E-state index in [1.54, 1.807) is 22.6 Å². The van der Waals surface area contributed by atoms with Gasteiger partial charge in [-0.25, -0.2) is 4.68 Å². The molecule has 0 fully saturated rings. The minimum atomic E-state index is 0.0271. The first-order chi connectivity index (χ1) is 8.54. The van der Waals surface area contributed by atoms with Crippen LogP contribution in [0.2, 0.25) is 5.02 Å². The SMILES string of the molecule is CSc1cccc(-n2cc(Cl)c(C)n2)c1C(=N)N. The third-order valence-corrected chi connectivity index (χ3v) is 3.73. The monoisotopic (exact) mass is 280 g/mol. The van der Waals surface area contributed by atoms with Crippen molar-refractivity contribution in [3.63, 3.8) is 0 Å². The molecule has 0 spiro atoms. The minimum Gasteiger partial charge on any atom is -0.384 e. The first-order valence-electron chi connectivity index (χ1n) is 5.28. The molecule has 0 bridgehead atoms. The molecular weight excluding hydrogens is 268 g/mol. The highest BCUT2D eigenvalue weighted by atomic mass is 35.5. The van der Waals surface area contributed by atoms with Crippen LogP contribution in [0, 0.1) is 12.3 Å². The lowest BCUT2D eigenvalue weighted by Gasteiger charge is -2.11. The fourth-order valence-electron chi connectivity index (χ4n) is 1.71. The van der Waals surface area contributed by atoms with E-state index in [1.807, 2.05) is 31.4 Å². The van der Waals surface area contributed by atoms with E-state index < -0.39 is 0 Å². The van der Waals surface area contributed by atoms with Crippen molar-refractivity contribution >= 4 is 29.2 Å². The van der Waals surface area contributed by atoms with Crippen LogP contribution in [0.25, 0.3) is 5.69 Å². The van der Waals surface area contributed by atoms with Gasteiger partial charge in [0.25, 0.3) is 0 Å². The maximum absolute atomic E-state index is 7.72. The number of thioether (sulfide) groups is 1. The summed E-state index contributed by atoms with van der Waals surface area (Å²) in [7, 11) is 0. The number of rotatable bonds is 3. The lowest BCUT2D eigenvalue weighted by atomic mass is 10.1. The van der Waals surface area contributed by atoms with Crippen LogP contribution in [-0.4, -0.2) is 21.9 Å². The van der Waals surface area contributed by atoms with Gasteiger partial charge in [0.1, 0.15) is 5.84 Å². The normalized spacial score (nSPS) is 10.6. The Labute approximate surface area is 115 Å². The molecule has 0 aliphatic heterocycles. The van der Waals surface area contributed by atoms with Crippen LogP contribution in [0.4, 0.5) is 0 Å². The second-order valence-electron chi connectivity index (χ2n) is 3.78. The largest absolute Gasteiger partial charge is 0.384 e. The summed E-state index contributed by atoms with van der Waals surface area (Å²) in [6.45, 7) is 1.84. The first kappa shape index (κ1) is 13.0. The number of halogens is 1. The molecule has 6 heteroatoms. The maximum atomic E-state index is 7.72. The third-order valence-electron chi connectivity index (χ3n) is 2.58. The molecule has 0 amide bonds. The molecule has 1 aromatic heterocycles. The van der Waals surface area contributed by atoms with Gasteiger partial charge in [0, 0.05) is 11.1 Å². The average Bonchev–Trinajstić information content (AvgIpc) is 2.68. The Balaban J connectivity index is 2.67. The molecule has 0 atom stereocenters. The number of aromatic nitrogens is 2. The van der Waals surface area contributed by atoms with Crippen molar-refractivity contribution in [2.75, 3.05) is 6.26 Å². The molecule has 94 valence electrons. The van der Waals surface area contributed by atoms with Crippen LogP contribution in [0.5, 0.6) is 0 Å². The van der Waals surface area contributed by atoms with Gasteiger partial charge < -0.3 is 5.73 Å². The van der Waals surface area contributed by atoms with Crippen molar-refractivity contribution in [3.8, 4) is 5.69 Å². The predicted molar refractivity (Wildman–Crippen MR) is 76.1 cm³/mol. The van der Waals surface area contributed by atoms with Gasteiger partial charge in [-0.1, -0.05) is 17.7 Å². The molecule has 0 radical (unpaired) electrons. The summed E-state index contributed by atoms with van der Waals surface area (Å²) in [4.78, 5) is 0.948. The molecule has 3 N–H and O–H groups in total. The minimum absolute atomic E-state index is 0.0271. The molecule has 0 unspecified atom stereocenters. The molecule has 4 nitrogen and oxygen atoms in total. The number of aryl methyl sites for hydroxylation is 1. The molecular formula is C12H13ClN4S. The van der Waals surface area contributed by atoms with Crippen molar-refractivity contribution in [1.29, 1.82) is 5.41 Å². The van der Waals surface area contributed by atoms with E-state index in [-0.39, 0.29) is 5.84 Å². The molecule has 1 aromatic carbocycles. The highest BCUT2D eigenvalue weighted by molar-refractivity contribution is 7.98. The maximum Gasteiger partial charge on any atom is 0.126 e. The summed E-state index contributed by atoms with van der Waals surface area (Å²) < 4.78 is 1.66. The molecule has 0 aliphatic carbocycles. The fraction of sp³-hybridized carbons (Fsp3) is 0.167. The zero-order chi connectivity index (χ0) is 13.3. The molecule has 0 aliphatic rings. The van der Waals surface area contributed by atoms with Gasteiger partial charge in [-0.05, 0) is 25.3 Å². The number of nitrogens with zero attached hydrogens (tertiary/aromatic N) is 2. The number of nitrogen functional groups attached to an aromatic ring is 1. The Kier molecular flexibility index (Phi) is 3.63. The van der Waals surface area contributed by atoms with Crippen LogP contribution in [-0.2, 0) is 0 Å². The number of benzene rings is 1. The van der Waals surface area contributed by atoms with E-state index in [0.29, 0.717) is 10.6 Å². The average molecular weight is 281 g/mol. The zero-order valence-corrected chi connectivity index (χ0v) is 11.6. The number of hydrogen-bond acceptors (Lipinski definition) is 3. The van der Waals surface area contributed by atoms with Crippen molar-refractivity contribution in [2.45, 2.75) is 11.8 Å². The number of amidine groups is 1. The van der Waals surface area contributed by atoms with Gasteiger partial charge in [0.05, 0.1) is 22.0 Å². The topological polar surface area (TPSA) is 67.7 Å². The second-order valence-corrected chi connectivity index (χ2v) is 5.03. The van der Waals surface area contributed by atoms with Gasteiger partial charge in [-0.15, -0.1) is 11.8 Å². The lowest BCUT2D eigenvalue weighted by Crippen LogP contribution is -2.16. The molecule has 1 heterocycles. The van der Waals surface area contributed by atoms with Gasteiger partial charge in [-0.2, -0.15) is 5.10 Å². The smallest absolute Gasteiger partial charge is 0.126 e. The van der Waals surface area contributed by atoms with Crippen LogP contribution < -0.4 is 5.73 Å². The van der Waals surface area contributed by atoms with Crippen LogP contribution in [0.1, 0.15) is 11.3 Å². The fourth-order valence-corrected chi connectivity index (χ4v) is 2.48. The third kappa shape index (κ3) is 2.23. The van der Waals surface area contributed by atoms with Crippen LogP contribution in [0.15, 0.2) is 29.3 Å². The first-order valence-corrected chi connectivity index (χ1v) is 6.88. The quantitative estimate of drug-likeness (QED) is 0.516. The number of hydrogen-bond donors (Lipinski definition) is 2. The van der Waals surface area contributed by atoms with Crippen molar-refractivity contribution in [3.05, 3.63) is 40.7 Å². The van der Waals surface area contributed by atoms with E-state index in [4.69, 9.17) is 22.7 Å². The standard InChI is InChI=1S/C12H13ClN4S/c1-7-8(13)6-17(16-7)9-4-3-5-10(18-2)11(9)12(14)15/h3-6H,1-2H3,(H3,14,15). The van der Waals surface area contributed by atoms with Crippen LogP contribution in [0.3, 0.4) is 0 Å². The van der Waals surface area contributed by atoms with E-state index in [2.05, 4.69) is 5.10 Å². The van der Waals surface area contributed by atoms with Gasteiger partial charge >= 0.3 is 0 Å². The summed E-state index contributed by atoms with van der Waals surface area (Å²) in [6, 6.07) is 5.72. The molecule has 0 saturated heterocycles. The van der Waals surface area contributed by atoms with E-state index in [0.717, 1.165) is 16.3 Å². The molecule has 2 rings (SSSR count). The Bertz CT molecular complexity index is 587. The predicted octanol–water partition coefficient (Wildman–Crippen LogP) is 2.84. The molecule has 2 aromatic rings. The lowest BCUT2D eigenvalue weighted by molar-refractivity contribution is 0.857. The Morgan fingerprint density at radius 1 is 1.50 bits per heavy atom. The summed E-state index contributed by atoms with van der Waals surface area (Å²) in [5.41, 5.74) is 7.87. The van der Waals surface area contributed by atoms with Crippen molar-refractivity contribution in [1.82, 2.24) is 9.78 Å². The molecule has 18 heavy (non-hydrogen) atoms. The van der Waals surface area contributed by atoms with E-state index in [1.165, 1.54) is 0 Å². The van der Waals surface area contributed by atoms with E-state index in [9.17, 15) is 0 Å². The number of nitrogens with one attached hydrogen (secondary N) is 1. The van der Waals surface area contributed by atoms with Gasteiger partial charge in [-0.3, -0.25) is 5.41 Å². The van der Waals surface area contributed by atoms with Gasteiger partial charge in [0.15, 0.2) is 0 Å².